The van der Waals surface area contributed by atoms with E-state index in [9.17, 15) is 9.59 Å². The number of anilines is 1. The first-order chi connectivity index (χ1) is 12.1. The first-order valence-electron chi connectivity index (χ1n) is 8.90. The zero-order chi connectivity index (χ0) is 17.4. The third-order valence-corrected chi connectivity index (χ3v) is 5.16. The summed E-state index contributed by atoms with van der Waals surface area (Å²) in [6, 6.07) is 15.9. The largest absolute Gasteiger partial charge is 0.345 e. The van der Waals surface area contributed by atoms with Crippen molar-refractivity contribution in [3.8, 4) is 0 Å². The fraction of sp³-hybridized carbons (Fsp3) is 0.333. The highest BCUT2D eigenvalue weighted by Gasteiger charge is 2.33. The van der Waals surface area contributed by atoms with Gasteiger partial charge in [-0.25, -0.2) is 0 Å². The molecule has 1 saturated carbocycles. The van der Waals surface area contributed by atoms with Crippen molar-refractivity contribution in [2.45, 2.75) is 32.2 Å². The third kappa shape index (κ3) is 3.16. The molecule has 4 rings (SSSR count). The number of amides is 2. The van der Waals surface area contributed by atoms with Crippen molar-refractivity contribution in [2.24, 2.45) is 5.92 Å². The van der Waals surface area contributed by atoms with Gasteiger partial charge in [0.2, 0.25) is 5.91 Å². The van der Waals surface area contributed by atoms with Gasteiger partial charge in [0.05, 0.1) is 6.04 Å². The number of fused-ring (bicyclic) bond motifs is 1. The molecule has 25 heavy (non-hydrogen) atoms. The van der Waals surface area contributed by atoms with E-state index in [0.717, 1.165) is 30.5 Å². The van der Waals surface area contributed by atoms with Crippen molar-refractivity contribution in [3.63, 3.8) is 0 Å². The summed E-state index contributed by atoms with van der Waals surface area (Å²) in [7, 11) is 0. The number of nitrogens with one attached hydrogen (secondary N) is 1. The van der Waals surface area contributed by atoms with E-state index in [0.29, 0.717) is 18.0 Å². The van der Waals surface area contributed by atoms with Crippen molar-refractivity contribution in [3.05, 3.63) is 65.2 Å². The molecule has 0 bridgehead atoms. The van der Waals surface area contributed by atoms with Crippen LogP contribution in [0.1, 0.15) is 47.3 Å². The molecule has 1 unspecified atom stereocenters. The highest BCUT2D eigenvalue weighted by atomic mass is 16.2. The molecule has 1 aliphatic carbocycles. The van der Waals surface area contributed by atoms with Gasteiger partial charge in [-0.2, -0.15) is 0 Å². The minimum Gasteiger partial charge on any atom is -0.345 e. The second kappa shape index (κ2) is 6.36. The van der Waals surface area contributed by atoms with Gasteiger partial charge in [0.25, 0.3) is 5.91 Å². The first-order valence-corrected chi connectivity index (χ1v) is 8.90. The summed E-state index contributed by atoms with van der Waals surface area (Å²) < 4.78 is 0. The van der Waals surface area contributed by atoms with E-state index in [1.165, 1.54) is 5.56 Å². The molecule has 128 valence electrons. The summed E-state index contributed by atoms with van der Waals surface area (Å²) in [6.07, 6.45) is 3.13. The van der Waals surface area contributed by atoms with Crippen LogP contribution in [0.15, 0.2) is 48.5 Å². The maximum Gasteiger partial charge on any atom is 0.251 e. The number of carbonyl (C=O) groups excluding carboxylic acids is 2. The quantitative estimate of drug-likeness (QED) is 0.931. The average molecular weight is 334 g/mol. The van der Waals surface area contributed by atoms with Crippen molar-refractivity contribution in [1.82, 2.24) is 5.32 Å². The fourth-order valence-electron chi connectivity index (χ4n) is 3.66. The lowest BCUT2D eigenvalue weighted by atomic mass is 10.0. The predicted molar refractivity (Wildman–Crippen MR) is 97.5 cm³/mol. The number of rotatable bonds is 4. The van der Waals surface area contributed by atoms with Gasteiger partial charge in [0.15, 0.2) is 0 Å². The van der Waals surface area contributed by atoms with E-state index in [1.807, 2.05) is 36.4 Å². The molecule has 2 aromatic rings. The lowest BCUT2D eigenvalue weighted by Gasteiger charge is -2.19. The van der Waals surface area contributed by atoms with Crippen LogP contribution in [-0.2, 0) is 11.2 Å². The Labute approximate surface area is 147 Å². The number of hydrogen-bond donors (Lipinski definition) is 1. The van der Waals surface area contributed by atoms with E-state index in [-0.39, 0.29) is 17.9 Å². The zero-order valence-corrected chi connectivity index (χ0v) is 14.4. The smallest absolute Gasteiger partial charge is 0.251 e. The van der Waals surface area contributed by atoms with Crippen molar-refractivity contribution < 1.29 is 9.59 Å². The van der Waals surface area contributed by atoms with Crippen LogP contribution in [0, 0.1) is 5.92 Å². The van der Waals surface area contributed by atoms with Crippen LogP contribution in [0.4, 0.5) is 5.69 Å². The molecule has 1 atom stereocenters. The van der Waals surface area contributed by atoms with Crippen LogP contribution in [0.25, 0.3) is 0 Å². The molecule has 0 spiro atoms. The summed E-state index contributed by atoms with van der Waals surface area (Å²) >= 11 is 0. The molecule has 0 saturated heterocycles. The minimum atomic E-state index is -0.0372. The fourth-order valence-corrected chi connectivity index (χ4v) is 3.66. The van der Waals surface area contributed by atoms with Crippen LogP contribution < -0.4 is 10.2 Å². The molecule has 1 N–H and O–H groups in total. The molecule has 0 aromatic heterocycles. The van der Waals surface area contributed by atoms with Gasteiger partial charge in [0.1, 0.15) is 0 Å². The normalized spacial score (nSPS) is 17.1. The summed E-state index contributed by atoms with van der Waals surface area (Å²) in [5, 5.41) is 3.22. The molecular formula is C21H22N2O2. The maximum absolute atomic E-state index is 12.8. The second-order valence-electron chi connectivity index (χ2n) is 6.96. The monoisotopic (exact) mass is 334 g/mol. The van der Waals surface area contributed by atoms with Crippen molar-refractivity contribution in [1.29, 1.82) is 0 Å². The van der Waals surface area contributed by atoms with Gasteiger partial charge in [-0.05, 0) is 54.5 Å². The highest BCUT2D eigenvalue weighted by Crippen LogP contribution is 2.41. The summed E-state index contributed by atoms with van der Waals surface area (Å²) in [5.41, 5.74) is 3.85. The Bertz CT molecular complexity index is 812. The summed E-state index contributed by atoms with van der Waals surface area (Å²) in [4.78, 5) is 26.2. The maximum atomic E-state index is 12.8. The van der Waals surface area contributed by atoms with E-state index in [2.05, 4.69) is 17.4 Å². The summed E-state index contributed by atoms with van der Waals surface area (Å²) in [5.74, 6) is 0.549. The molecule has 4 nitrogen and oxygen atoms in total. The van der Waals surface area contributed by atoms with Crippen LogP contribution >= 0.6 is 0 Å². The Morgan fingerprint density at radius 3 is 2.56 bits per heavy atom. The molecule has 2 amide bonds. The molecule has 2 aliphatic rings. The lowest BCUT2D eigenvalue weighted by Crippen LogP contribution is -2.30. The van der Waals surface area contributed by atoms with E-state index >= 15 is 0 Å². The van der Waals surface area contributed by atoms with E-state index in [4.69, 9.17) is 0 Å². The molecular weight excluding hydrogens is 312 g/mol. The number of benzene rings is 2. The van der Waals surface area contributed by atoms with Gasteiger partial charge >= 0.3 is 0 Å². The highest BCUT2D eigenvalue weighted by molar-refractivity contribution is 5.98. The van der Waals surface area contributed by atoms with Crippen molar-refractivity contribution >= 4 is 17.5 Å². The molecule has 2 aromatic carbocycles. The molecule has 4 heteroatoms. The Hall–Kier alpha value is -2.62. The molecule has 1 fully saturated rings. The van der Waals surface area contributed by atoms with Gasteiger partial charge in [-0.3, -0.25) is 9.59 Å². The summed E-state index contributed by atoms with van der Waals surface area (Å²) in [6.45, 7) is 2.28. The number of nitrogens with zero attached hydrogens (tertiary/aromatic N) is 1. The van der Waals surface area contributed by atoms with Crippen LogP contribution in [-0.4, -0.2) is 18.4 Å². The van der Waals surface area contributed by atoms with Crippen LogP contribution in [0.3, 0.4) is 0 Å². The van der Waals surface area contributed by atoms with Crippen molar-refractivity contribution in [2.75, 3.05) is 11.4 Å². The van der Waals surface area contributed by atoms with Crippen LogP contribution in [0.2, 0.25) is 0 Å². The second-order valence-corrected chi connectivity index (χ2v) is 6.96. The lowest BCUT2D eigenvalue weighted by molar-refractivity contribution is -0.116. The van der Waals surface area contributed by atoms with Gasteiger partial charge in [-0.1, -0.05) is 30.3 Å². The Morgan fingerprint density at radius 2 is 1.88 bits per heavy atom. The molecule has 0 radical (unpaired) electrons. The van der Waals surface area contributed by atoms with Gasteiger partial charge in [0, 0.05) is 24.7 Å². The molecule has 1 heterocycles. The van der Waals surface area contributed by atoms with Crippen LogP contribution in [0.5, 0.6) is 0 Å². The predicted octanol–water partition coefficient (Wildman–Crippen LogP) is 3.48. The SMILES string of the molecule is CC(=O)N1CCc2cc(C(=O)NC(c3ccccc3)C3CC3)ccc21. The topological polar surface area (TPSA) is 49.4 Å². The minimum absolute atomic E-state index is 0.0372. The van der Waals surface area contributed by atoms with E-state index in [1.54, 1.807) is 11.8 Å². The number of hydrogen-bond acceptors (Lipinski definition) is 2. The first kappa shape index (κ1) is 15.9. The molecule has 1 aliphatic heterocycles. The third-order valence-electron chi connectivity index (χ3n) is 5.16. The standard InChI is InChI=1S/C21H22N2O2/c1-14(24)23-12-11-17-13-18(9-10-19(17)23)21(25)22-20(16-7-8-16)15-5-3-2-4-6-15/h2-6,9-10,13,16,20H,7-8,11-12H2,1H3,(H,22,25). The van der Waals surface area contributed by atoms with Gasteiger partial charge < -0.3 is 10.2 Å². The number of carbonyl (C=O) groups is 2. The van der Waals surface area contributed by atoms with E-state index < -0.39 is 0 Å². The Balaban J connectivity index is 1.54. The average Bonchev–Trinajstić information content (AvgIpc) is 3.37. The van der Waals surface area contributed by atoms with Gasteiger partial charge in [-0.15, -0.1) is 0 Å². The Morgan fingerprint density at radius 1 is 1.12 bits per heavy atom. The Kier molecular flexibility index (Phi) is 4.04. The zero-order valence-electron chi connectivity index (χ0n) is 14.4.